The molecule has 1 N–H and O–H groups in total. The summed E-state index contributed by atoms with van der Waals surface area (Å²) >= 11 is 1.58. The molecule has 1 amide bonds. The van der Waals surface area contributed by atoms with Gasteiger partial charge >= 0.3 is 0 Å². The fourth-order valence-corrected chi connectivity index (χ4v) is 3.39. The van der Waals surface area contributed by atoms with Crippen LogP contribution in [0.5, 0.6) is 0 Å². The average molecular weight is 248 g/mol. The van der Waals surface area contributed by atoms with E-state index in [1.165, 1.54) is 16.9 Å². The Labute approximate surface area is 105 Å². The van der Waals surface area contributed by atoms with Crippen molar-refractivity contribution in [3.05, 3.63) is 16.0 Å². The summed E-state index contributed by atoms with van der Waals surface area (Å²) < 4.78 is 0. The summed E-state index contributed by atoms with van der Waals surface area (Å²) in [7, 11) is 0. The molecule has 0 spiro atoms. The Bertz CT molecular complexity index is 484. The third-order valence-electron chi connectivity index (χ3n) is 3.19. The molecule has 1 aliphatic carbocycles. The molecule has 90 valence electrons. The number of hydrogen-bond acceptors (Lipinski definition) is 3. The van der Waals surface area contributed by atoms with Gasteiger partial charge < -0.3 is 5.32 Å². The largest absolute Gasteiger partial charge is 0.317 e. The lowest BCUT2D eigenvalue weighted by Crippen LogP contribution is -2.11. The van der Waals surface area contributed by atoms with E-state index in [1.54, 1.807) is 11.3 Å². The van der Waals surface area contributed by atoms with Crippen molar-refractivity contribution in [2.45, 2.75) is 39.5 Å². The fraction of sp³-hybridized carbons (Fsp3) is 0.538. The molecular formula is C13H16N2OS. The molecule has 1 aromatic heterocycles. The van der Waals surface area contributed by atoms with Gasteiger partial charge in [0.25, 0.3) is 0 Å². The van der Waals surface area contributed by atoms with E-state index < -0.39 is 0 Å². The van der Waals surface area contributed by atoms with Crippen LogP contribution in [-0.4, -0.2) is 5.91 Å². The zero-order valence-corrected chi connectivity index (χ0v) is 11.0. The van der Waals surface area contributed by atoms with Crippen molar-refractivity contribution in [3.63, 3.8) is 0 Å². The molecule has 0 saturated carbocycles. The van der Waals surface area contributed by atoms with Gasteiger partial charge in [0, 0.05) is 11.3 Å². The number of nitrogens with one attached hydrogen (secondary N) is 1. The molecule has 3 nitrogen and oxygen atoms in total. The van der Waals surface area contributed by atoms with Gasteiger partial charge in [-0.2, -0.15) is 5.26 Å². The van der Waals surface area contributed by atoms with Crippen LogP contribution in [0.4, 0.5) is 5.00 Å². The van der Waals surface area contributed by atoms with Gasteiger partial charge in [-0.3, -0.25) is 4.79 Å². The van der Waals surface area contributed by atoms with E-state index in [2.05, 4.69) is 18.3 Å². The Morgan fingerprint density at radius 1 is 1.65 bits per heavy atom. The quantitative estimate of drug-likeness (QED) is 0.874. The molecule has 0 aliphatic heterocycles. The highest BCUT2D eigenvalue weighted by atomic mass is 32.1. The minimum atomic E-state index is -0.0202. The van der Waals surface area contributed by atoms with Gasteiger partial charge in [-0.1, -0.05) is 13.8 Å². The van der Waals surface area contributed by atoms with Gasteiger partial charge in [0.2, 0.25) is 5.91 Å². The molecule has 0 saturated heterocycles. The highest BCUT2D eigenvalue weighted by molar-refractivity contribution is 7.16. The summed E-state index contributed by atoms with van der Waals surface area (Å²) in [6.07, 6.45) is 3.64. The molecule has 0 aromatic carbocycles. The molecule has 0 radical (unpaired) electrons. The highest BCUT2D eigenvalue weighted by Gasteiger charge is 2.24. The monoisotopic (exact) mass is 248 g/mol. The number of thiophene rings is 1. The first-order chi connectivity index (χ1) is 8.15. The van der Waals surface area contributed by atoms with Crippen LogP contribution in [0.2, 0.25) is 0 Å². The number of carbonyl (C=O) groups excluding carboxylic acids is 1. The minimum Gasteiger partial charge on any atom is -0.317 e. The number of amides is 1. The Morgan fingerprint density at radius 3 is 3.06 bits per heavy atom. The predicted molar refractivity (Wildman–Crippen MR) is 69.1 cm³/mol. The zero-order chi connectivity index (χ0) is 12.4. The maximum atomic E-state index is 11.4. The number of rotatable bonds is 2. The van der Waals surface area contributed by atoms with Crippen molar-refractivity contribution in [1.29, 1.82) is 5.26 Å². The van der Waals surface area contributed by atoms with E-state index in [0.29, 0.717) is 17.9 Å². The number of nitrogens with zero attached hydrogens (tertiary/aromatic N) is 1. The standard InChI is InChI=1S/C13H16N2OS/c1-3-12(16)15-13-10(7-14)9-6-8(2)4-5-11(9)17-13/h8H,3-6H2,1-2H3,(H,15,16)/t8-/m0/s1. The van der Waals surface area contributed by atoms with Gasteiger partial charge in [0.1, 0.15) is 11.1 Å². The molecule has 1 atom stereocenters. The second kappa shape index (κ2) is 4.89. The van der Waals surface area contributed by atoms with Crippen molar-refractivity contribution < 1.29 is 4.79 Å². The van der Waals surface area contributed by atoms with Gasteiger partial charge in [-0.15, -0.1) is 11.3 Å². The predicted octanol–water partition coefficient (Wildman–Crippen LogP) is 3.09. The molecule has 0 unspecified atom stereocenters. The van der Waals surface area contributed by atoms with Crippen LogP contribution in [0, 0.1) is 17.2 Å². The second-order valence-corrected chi connectivity index (χ2v) is 5.67. The normalized spacial score (nSPS) is 18.3. The van der Waals surface area contributed by atoms with Crippen LogP contribution >= 0.6 is 11.3 Å². The minimum absolute atomic E-state index is 0.0202. The van der Waals surface area contributed by atoms with Crippen LogP contribution < -0.4 is 5.32 Å². The van der Waals surface area contributed by atoms with Gasteiger partial charge in [-0.05, 0) is 30.7 Å². The molecular weight excluding hydrogens is 232 g/mol. The third kappa shape index (κ3) is 2.34. The van der Waals surface area contributed by atoms with Gasteiger partial charge in [-0.25, -0.2) is 0 Å². The Hall–Kier alpha value is -1.34. The summed E-state index contributed by atoms with van der Waals surface area (Å²) in [5, 5.41) is 12.8. The molecule has 0 fully saturated rings. The van der Waals surface area contributed by atoms with E-state index in [0.717, 1.165) is 17.8 Å². The molecule has 1 aromatic rings. The molecule has 0 bridgehead atoms. The molecule has 2 rings (SSSR count). The lowest BCUT2D eigenvalue weighted by Gasteiger charge is -2.17. The number of aryl methyl sites for hydroxylation is 1. The van der Waals surface area contributed by atoms with E-state index in [1.807, 2.05) is 6.92 Å². The van der Waals surface area contributed by atoms with Crippen LogP contribution in [0.3, 0.4) is 0 Å². The topological polar surface area (TPSA) is 52.9 Å². The summed E-state index contributed by atoms with van der Waals surface area (Å²) in [6, 6.07) is 2.25. The van der Waals surface area contributed by atoms with Crippen LogP contribution in [-0.2, 0) is 17.6 Å². The van der Waals surface area contributed by atoms with E-state index in [9.17, 15) is 10.1 Å². The first kappa shape index (κ1) is 12.1. The van der Waals surface area contributed by atoms with Crippen molar-refractivity contribution in [2.24, 2.45) is 5.92 Å². The van der Waals surface area contributed by atoms with Gasteiger partial charge in [0.15, 0.2) is 0 Å². The number of anilines is 1. The lowest BCUT2D eigenvalue weighted by molar-refractivity contribution is -0.115. The SMILES string of the molecule is CCC(=O)Nc1sc2c(c1C#N)C[C@@H](C)CC2. The summed E-state index contributed by atoms with van der Waals surface area (Å²) in [5.41, 5.74) is 1.86. The fourth-order valence-electron chi connectivity index (χ4n) is 2.18. The van der Waals surface area contributed by atoms with Crippen molar-refractivity contribution in [2.75, 3.05) is 5.32 Å². The number of fused-ring (bicyclic) bond motifs is 1. The van der Waals surface area contributed by atoms with E-state index >= 15 is 0 Å². The molecule has 1 aliphatic rings. The third-order valence-corrected chi connectivity index (χ3v) is 4.40. The highest BCUT2D eigenvalue weighted by Crippen LogP contribution is 2.39. The number of nitriles is 1. The smallest absolute Gasteiger partial charge is 0.224 e. The van der Waals surface area contributed by atoms with Crippen LogP contribution in [0.15, 0.2) is 0 Å². The van der Waals surface area contributed by atoms with Crippen molar-refractivity contribution in [3.8, 4) is 6.07 Å². The summed E-state index contributed by atoms with van der Waals surface area (Å²) in [6.45, 7) is 4.03. The van der Waals surface area contributed by atoms with Crippen molar-refractivity contribution in [1.82, 2.24) is 0 Å². The Balaban J connectivity index is 2.35. The number of hydrogen-bond donors (Lipinski definition) is 1. The number of carbonyl (C=O) groups is 1. The summed E-state index contributed by atoms with van der Waals surface area (Å²) in [4.78, 5) is 12.7. The van der Waals surface area contributed by atoms with E-state index in [-0.39, 0.29) is 5.91 Å². The molecule has 17 heavy (non-hydrogen) atoms. The first-order valence-corrected chi connectivity index (χ1v) is 6.81. The van der Waals surface area contributed by atoms with Crippen LogP contribution in [0.1, 0.15) is 42.7 Å². The Morgan fingerprint density at radius 2 is 2.41 bits per heavy atom. The zero-order valence-electron chi connectivity index (χ0n) is 10.2. The summed E-state index contributed by atoms with van der Waals surface area (Å²) in [5.74, 6) is 0.618. The molecule has 1 heterocycles. The van der Waals surface area contributed by atoms with Crippen molar-refractivity contribution >= 4 is 22.2 Å². The molecule has 4 heteroatoms. The van der Waals surface area contributed by atoms with Crippen LogP contribution in [0.25, 0.3) is 0 Å². The maximum absolute atomic E-state index is 11.4. The first-order valence-electron chi connectivity index (χ1n) is 6.00. The van der Waals surface area contributed by atoms with Gasteiger partial charge in [0.05, 0.1) is 5.56 Å². The lowest BCUT2D eigenvalue weighted by atomic mass is 9.88. The second-order valence-electron chi connectivity index (χ2n) is 4.57. The Kier molecular flexibility index (Phi) is 3.49. The maximum Gasteiger partial charge on any atom is 0.224 e. The average Bonchev–Trinajstić information content (AvgIpc) is 2.65. The van der Waals surface area contributed by atoms with E-state index in [4.69, 9.17) is 0 Å².